The topological polar surface area (TPSA) is 41.3 Å². The van der Waals surface area contributed by atoms with Crippen LogP contribution in [-0.2, 0) is 0 Å². The molecule has 0 aromatic rings. The summed E-state index contributed by atoms with van der Waals surface area (Å²) in [6, 6.07) is 0.671. The van der Waals surface area contributed by atoms with E-state index in [-0.39, 0.29) is 0 Å². The molecule has 1 atom stereocenters. The van der Waals surface area contributed by atoms with Crippen LogP contribution in [0.25, 0.3) is 0 Å². The van der Waals surface area contributed by atoms with Crippen molar-refractivity contribution < 1.29 is 0 Å². The van der Waals surface area contributed by atoms with Crippen molar-refractivity contribution in [3.05, 3.63) is 0 Å². The van der Waals surface area contributed by atoms with Crippen LogP contribution < -0.4 is 11.1 Å². The van der Waals surface area contributed by atoms with E-state index in [4.69, 9.17) is 5.73 Å². The first kappa shape index (κ1) is 12.9. The van der Waals surface area contributed by atoms with Gasteiger partial charge in [-0.15, -0.1) is 0 Å². The Morgan fingerprint density at radius 2 is 2.13 bits per heavy atom. The normalized spacial score (nSPS) is 24.4. The summed E-state index contributed by atoms with van der Waals surface area (Å²) in [5.74, 6) is 0. The number of hydrogen-bond donors (Lipinski definition) is 2. The lowest BCUT2D eigenvalue weighted by molar-refractivity contribution is 0.186. The van der Waals surface area contributed by atoms with E-state index in [1.165, 1.54) is 25.9 Å². The van der Waals surface area contributed by atoms with E-state index in [9.17, 15) is 0 Å². The van der Waals surface area contributed by atoms with E-state index in [2.05, 4.69) is 31.0 Å². The molecule has 0 spiro atoms. The molecule has 0 aromatic heterocycles. The molecule has 3 nitrogen and oxygen atoms in total. The quantitative estimate of drug-likeness (QED) is 0.733. The second-order valence-corrected chi connectivity index (χ2v) is 5.87. The summed E-state index contributed by atoms with van der Waals surface area (Å²) in [6.45, 7) is 12.2. The Bertz CT molecular complexity index is 172. The van der Waals surface area contributed by atoms with E-state index in [0.29, 0.717) is 11.5 Å². The molecular weight excluding hydrogens is 186 g/mol. The third-order valence-electron chi connectivity index (χ3n) is 2.87. The SMILES string of the molecule is CC(C)(C)CNC1CCCN(CCN)C1. The highest BCUT2D eigenvalue weighted by atomic mass is 15.2. The molecule has 1 aliphatic heterocycles. The number of likely N-dealkylation sites (tertiary alicyclic amines) is 1. The first-order valence-electron chi connectivity index (χ1n) is 6.17. The fourth-order valence-electron chi connectivity index (χ4n) is 2.06. The highest BCUT2D eigenvalue weighted by Crippen LogP contribution is 2.14. The molecule has 1 saturated heterocycles. The van der Waals surface area contributed by atoms with Gasteiger partial charge in [0.05, 0.1) is 0 Å². The minimum atomic E-state index is 0.385. The Hall–Kier alpha value is -0.120. The van der Waals surface area contributed by atoms with Crippen LogP contribution in [0.2, 0.25) is 0 Å². The zero-order valence-corrected chi connectivity index (χ0v) is 10.6. The third-order valence-corrected chi connectivity index (χ3v) is 2.87. The lowest BCUT2D eigenvalue weighted by atomic mass is 9.95. The van der Waals surface area contributed by atoms with Crippen molar-refractivity contribution in [1.29, 1.82) is 0 Å². The van der Waals surface area contributed by atoms with E-state index < -0.39 is 0 Å². The van der Waals surface area contributed by atoms with Crippen LogP contribution in [0.1, 0.15) is 33.6 Å². The van der Waals surface area contributed by atoms with Gasteiger partial charge in [-0.3, -0.25) is 0 Å². The maximum Gasteiger partial charge on any atom is 0.0195 e. The van der Waals surface area contributed by atoms with Gasteiger partial charge >= 0.3 is 0 Å². The van der Waals surface area contributed by atoms with Crippen LogP contribution in [0.5, 0.6) is 0 Å². The highest BCUT2D eigenvalue weighted by molar-refractivity contribution is 4.80. The molecule has 3 N–H and O–H groups in total. The van der Waals surface area contributed by atoms with Gasteiger partial charge in [0.1, 0.15) is 0 Å². The Balaban J connectivity index is 2.24. The summed E-state index contributed by atoms with van der Waals surface area (Å²) in [7, 11) is 0. The Labute approximate surface area is 94.4 Å². The number of piperidine rings is 1. The van der Waals surface area contributed by atoms with Crippen molar-refractivity contribution in [2.45, 2.75) is 39.7 Å². The first-order valence-corrected chi connectivity index (χ1v) is 6.17. The third kappa shape index (κ3) is 5.50. The fraction of sp³-hybridized carbons (Fsp3) is 1.00. The lowest BCUT2D eigenvalue weighted by Crippen LogP contribution is -2.48. The molecule has 1 rings (SSSR count). The van der Waals surface area contributed by atoms with Crippen molar-refractivity contribution in [3.8, 4) is 0 Å². The van der Waals surface area contributed by atoms with E-state index in [1.807, 2.05) is 0 Å². The average Bonchev–Trinajstić information content (AvgIpc) is 2.15. The van der Waals surface area contributed by atoms with Gasteiger partial charge in [-0.2, -0.15) is 0 Å². The van der Waals surface area contributed by atoms with Gasteiger partial charge in [-0.25, -0.2) is 0 Å². The van der Waals surface area contributed by atoms with Gasteiger partial charge in [0.25, 0.3) is 0 Å². The lowest BCUT2D eigenvalue weighted by Gasteiger charge is -2.34. The maximum absolute atomic E-state index is 5.59. The number of nitrogens with one attached hydrogen (secondary N) is 1. The summed E-state index contributed by atoms with van der Waals surface area (Å²) < 4.78 is 0. The highest BCUT2D eigenvalue weighted by Gasteiger charge is 2.20. The summed E-state index contributed by atoms with van der Waals surface area (Å²) in [4.78, 5) is 2.48. The predicted octanol–water partition coefficient (Wildman–Crippen LogP) is 1.05. The zero-order valence-electron chi connectivity index (χ0n) is 10.6. The Kier molecular flexibility index (Phi) is 5.03. The second-order valence-electron chi connectivity index (χ2n) is 5.87. The van der Waals surface area contributed by atoms with Gasteiger partial charge < -0.3 is 16.0 Å². The van der Waals surface area contributed by atoms with Gasteiger partial charge in [0.15, 0.2) is 0 Å². The molecule has 0 amide bonds. The smallest absolute Gasteiger partial charge is 0.0195 e. The van der Waals surface area contributed by atoms with Crippen molar-refractivity contribution in [2.24, 2.45) is 11.1 Å². The van der Waals surface area contributed by atoms with E-state index in [0.717, 1.165) is 19.6 Å². The molecule has 1 heterocycles. The molecule has 0 saturated carbocycles. The Morgan fingerprint density at radius 1 is 1.40 bits per heavy atom. The van der Waals surface area contributed by atoms with Crippen molar-refractivity contribution in [3.63, 3.8) is 0 Å². The summed E-state index contributed by atoms with van der Waals surface area (Å²) in [5.41, 5.74) is 5.97. The predicted molar refractivity (Wildman–Crippen MR) is 66.0 cm³/mol. The standard InChI is InChI=1S/C12H27N3/c1-12(2,3)10-14-11-5-4-7-15(9-11)8-6-13/h11,14H,4-10,13H2,1-3H3. The maximum atomic E-state index is 5.59. The van der Waals surface area contributed by atoms with Crippen LogP contribution in [0.3, 0.4) is 0 Å². The minimum Gasteiger partial charge on any atom is -0.329 e. The molecule has 1 unspecified atom stereocenters. The van der Waals surface area contributed by atoms with Crippen LogP contribution in [0.4, 0.5) is 0 Å². The zero-order chi connectivity index (χ0) is 11.3. The Morgan fingerprint density at radius 3 is 2.73 bits per heavy atom. The van der Waals surface area contributed by atoms with E-state index in [1.54, 1.807) is 0 Å². The molecule has 3 heteroatoms. The molecule has 0 aliphatic carbocycles. The van der Waals surface area contributed by atoms with Gasteiger partial charge in [-0.05, 0) is 24.8 Å². The number of hydrogen-bond acceptors (Lipinski definition) is 3. The fourth-order valence-corrected chi connectivity index (χ4v) is 2.06. The molecular formula is C12H27N3. The van der Waals surface area contributed by atoms with Crippen molar-refractivity contribution in [2.75, 3.05) is 32.7 Å². The summed E-state index contributed by atoms with van der Waals surface area (Å²) >= 11 is 0. The monoisotopic (exact) mass is 213 g/mol. The van der Waals surface area contributed by atoms with Crippen LogP contribution in [-0.4, -0.2) is 43.7 Å². The summed E-state index contributed by atoms with van der Waals surface area (Å²) in [6.07, 6.45) is 2.62. The molecule has 1 fully saturated rings. The molecule has 0 aromatic carbocycles. The van der Waals surface area contributed by atoms with Gasteiger partial charge in [0.2, 0.25) is 0 Å². The van der Waals surface area contributed by atoms with Gasteiger partial charge in [-0.1, -0.05) is 20.8 Å². The minimum absolute atomic E-state index is 0.385. The van der Waals surface area contributed by atoms with Crippen LogP contribution in [0, 0.1) is 5.41 Å². The molecule has 15 heavy (non-hydrogen) atoms. The molecule has 1 aliphatic rings. The van der Waals surface area contributed by atoms with Crippen molar-refractivity contribution in [1.82, 2.24) is 10.2 Å². The van der Waals surface area contributed by atoms with E-state index >= 15 is 0 Å². The number of nitrogens with zero attached hydrogens (tertiary/aromatic N) is 1. The van der Waals surface area contributed by atoms with Gasteiger partial charge in [0, 0.05) is 32.2 Å². The number of rotatable bonds is 4. The molecule has 0 bridgehead atoms. The van der Waals surface area contributed by atoms with Crippen molar-refractivity contribution >= 4 is 0 Å². The summed E-state index contributed by atoms with van der Waals surface area (Å²) in [5, 5.41) is 3.67. The largest absolute Gasteiger partial charge is 0.329 e. The first-order chi connectivity index (χ1) is 7.01. The molecule has 0 radical (unpaired) electrons. The van der Waals surface area contributed by atoms with Crippen LogP contribution >= 0.6 is 0 Å². The second kappa shape index (κ2) is 5.83. The van der Waals surface area contributed by atoms with Crippen LogP contribution in [0.15, 0.2) is 0 Å². The molecule has 90 valence electrons. The number of nitrogens with two attached hydrogens (primary N) is 1. The average molecular weight is 213 g/mol.